The fourth-order valence-corrected chi connectivity index (χ4v) is 4.59. The lowest BCUT2D eigenvalue weighted by molar-refractivity contribution is 0.251. The number of thioether (sulfide) groups is 1. The third-order valence-electron chi connectivity index (χ3n) is 5.35. The SMILES string of the molecule is COc1cccc(CSc2nnc(CNC(=O)Nc3cccc(OC)c3)n2-c2cc(Cl)ccc2C)c1. The molecule has 0 bridgehead atoms. The van der Waals surface area contributed by atoms with E-state index in [9.17, 15) is 4.79 Å². The smallest absolute Gasteiger partial charge is 0.319 e. The molecular weight excluding hydrogens is 498 g/mol. The van der Waals surface area contributed by atoms with Crippen molar-refractivity contribution in [2.75, 3.05) is 19.5 Å². The van der Waals surface area contributed by atoms with Crippen LogP contribution in [0.3, 0.4) is 0 Å². The summed E-state index contributed by atoms with van der Waals surface area (Å²) in [6.07, 6.45) is 0. The van der Waals surface area contributed by atoms with Crippen molar-refractivity contribution in [2.24, 2.45) is 0 Å². The summed E-state index contributed by atoms with van der Waals surface area (Å²) in [5, 5.41) is 15.7. The second kappa shape index (κ2) is 11.8. The van der Waals surface area contributed by atoms with E-state index < -0.39 is 0 Å². The van der Waals surface area contributed by atoms with Gasteiger partial charge in [-0.2, -0.15) is 0 Å². The van der Waals surface area contributed by atoms with Crippen molar-refractivity contribution in [3.05, 3.63) is 88.7 Å². The number of benzene rings is 3. The third kappa shape index (κ3) is 6.30. The van der Waals surface area contributed by atoms with Gasteiger partial charge in [-0.25, -0.2) is 4.79 Å². The third-order valence-corrected chi connectivity index (χ3v) is 6.58. The van der Waals surface area contributed by atoms with E-state index in [0.717, 1.165) is 22.6 Å². The molecule has 4 rings (SSSR count). The van der Waals surface area contributed by atoms with Crippen LogP contribution in [-0.4, -0.2) is 35.0 Å². The largest absolute Gasteiger partial charge is 0.497 e. The van der Waals surface area contributed by atoms with E-state index in [1.807, 2.05) is 60.0 Å². The summed E-state index contributed by atoms with van der Waals surface area (Å²) in [5.74, 6) is 2.70. The van der Waals surface area contributed by atoms with Gasteiger partial charge < -0.3 is 20.1 Å². The average Bonchev–Trinajstić information content (AvgIpc) is 3.30. The van der Waals surface area contributed by atoms with Gasteiger partial charge in [-0.1, -0.05) is 47.6 Å². The van der Waals surface area contributed by atoms with Gasteiger partial charge in [0, 0.05) is 22.5 Å². The number of amides is 2. The fourth-order valence-electron chi connectivity index (χ4n) is 3.52. The molecule has 1 heterocycles. The van der Waals surface area contributed by atoms with Gasteiger partial charge in [0.05, 0.1) is 26.5 Å². The van der Waals surface area contributed by atoms with Crippen LogP contribution in [-0.2, 0) is 12.3 Å². The quantitative estimate of drug-likeness (QED) is 0.267. The molecule has 0 saturated heterocycles. The molecule has 0 fully saturated rings. The van der Waals surface area contributed by atoms with Gasteiger partial charge in [0.2, 0.25) is 0 Å². The molecule has 0 unspecified atom stereocenters. The molecule has 0 saturated carbocycles. The van der Waals surface area contributed by atoms with Crippen molar-refractivity contribution in [3.8, 4) is 17.2 Å². The molecule has 1 aromatic heterocycles. The Balaban J connectivity index is 1.55. The predicted octanol–water partition coefficient (Wildman–Crippen LogP) is 5.86. The summed E-state index contributed by atoms with van der Waals surface area (Å²) in [5.41, 5.74) is 3.57. The zero-order valence-corrected chi connectivity index (χ0v) is 21.7. The van der Waals surface area contributed by atoms with Crippen LogP contribution in [0.1, 0.15) is 17.0 Å². The van der Waals surface area contributed by atoms with E-state index in [-0.39, 0.29) is 12.6 Å². The van der Waals surface area contributed by atoms with Crippen LogP contribution in [0.15, 0.2) is 71.9 Å². The maximum atomic E-state index is 12.6. The molecule has 0 radical (unpaired) electrons. The molecule has 8 nitrogen and oxygen atoms in total. The lowest BCUT2D eigenvalue weighted by Crippen LogP contribution is -2.29. The zero-order chi connectivity index (χ0) is 25.5. The minimum Gasteiger partial charge on any atom is -0.497 e. The molecule has 36 heavy (non-hydrogen) atoms. The van der Waals surface area contributed by atoms with Crippen LogP contribution in [0.25, 0.3) is 5.69 Å². The summed E-state index contributed by atoms with van der Waals surface area (Å²) < 4.78 is 12.5. The highest BCUT2D eigenvalue weighted by atomic mass is 35.5. The number of rotatable bonds is 9. The number of nitrogens with zero attached hydrogens (tertiary/aromatic N) is 3. The Hall–Kier alpha value is -3.69. The number of ether oxygens (including phenoxy) is 2. The number of nitrogens with one attached hydrogen (secondary N) is 2. The van der Waals surface area contributed by atoms with Crippen molar-refractivity contribution >= 4 is 35.1 Å². The van der Waals surface area contributed by atoms with E-state index in [0.29, 0.717) is 33.2 Å². The van der Waals surface area contributed by atoms with E-state index in [2.05, 4.69) is 20.8 Å². The summed E-state index contributed by atoms with van der Waals surface area (Å²) in [6, 6.07) is 20.3. The number of halogens is 1. The van der Waals surface area contributed by atoms with E-state index in [1.165, 1.54) is 11.8 Å². The van der Waals surface area contributed by atoms with Crippen LogP contribution in [0.4, 0.5) is 10.5 Å². The van der Waals surface area contributed by atoms with E-state index in [1.54, 1.807) is 32.4 Å². The lowest BCUT2D eigenvalue weighted by Gasteiger charge is -2.14. The molecule has 0 aliphatic heterocycles. The number of hydrogen-bond donors (Lipinski definition) is 2. The first-order chi connectivity index (χ1) is 17.5. The van der Waals surface area contributed by atoms with Gasteiger partial charge in [-0.05, 0) is 54.4 Å². The molecule has 10 heteroatoms. The fraction of sp³-hybridized carbons (Fsp3) is 0.192. The Bertz CT molecular complexity index is 1360. The van der Waals surface area contributed by atoms with Crippen molar-refractivity contribution in [2.45, 2.75) is 24.4 Å². The van der Waals surface area contributed by atoms with Crippen LogP contribution < -0.4 is 20.1 Å². The molecule has 2 amide bonds. The number of carbonyl (C=O) groups excluding carboxylic acids is 1. The summed E-state index contributed by atoms with van der Waals surface area (Å²) in [6.45, 7) is 2.16. The maximum absolute atomic E-state index is 12.6. The number of aromatic nitrogens is 3. The lowest BCUT2D eigenvalue weighted by atomic mass is 10.2. The Labute approximate surface area is 219 Å². The highest BCUT2D eigenvalue weighted by molar-refractivity contribution is 7.98. The number of aryl methyl sites for hydroxylation is 1. The first-order valence-corrected chi connectivity index (χ1v) is 12.5. The molecule has 2 N–H and O–H groups in total. The minimum atomic E-state index is -0.369. The average molecular weight is 524 g/mol. The monoisotopic (exact) mass is 523 g/mol. The summed E-state index contributed by atoms with van der Waals surface area (Å²) in [4.78, 5) is 12.6. The van der Waals surface area contributed by atoms with Gasteiger partial charge >= 0.3 is 6.03 Å². The molecular formula is C26H26ClN5O3S. The number of urea groups is 1. The Morgan fingerprint density at radius 1 is 1.00 bits per heavy atom. The first kappa shape index (κ1) is 25.4. The molecule has 0 aliphatic carbocycles. The highest BCUT2D eigenvalue weighted by Gasteiger charge is 2.18. The number of anilines is 1. The standard InChI is InChI=1S/C26H26ClN5O3S/c1-17-10-11-19(27)13-23(17)32-24(15-28-25(33)29-20-7-5-9-22(14-20)35-3)30-31-26(32)36-16-18-6-4-8-21(12-18)34-2/h4-14H,15-16H2,1-3H3,(H2,28,29,33). The second-order valence-corrected chi connectivity index (χ2v) is 9.22. The van der Waals surface area contributed by atoms with Gasteiger partial charge in [-0.3, -0.25) is 4.57 Å². The second-order valence-electron chi connectivity index (χ2n) is 7.84. The van der Waals surface area contributed by atoms with Crippen LogP contribution in [0, 0.1) is 6.92 Å². The van der Waals surface area contributed by atoms with Crippen molar-refractivity contribution in [1.82, 2.24) is 20.1 Å². The maximum Gasteiger partial charge on any atom is 0.319 e. The van der Waals surface area contributed by atoms with Crippen LogP contribution >= 0.6 is 23.4 Å². The topological polar surface area (TPSA) is 90.3 Å². The molecule has 0 aliphatic rings. The molecule has 0 atom stereocenters. The van der Waals surface area contributed by atoms with Crippen molar-refractivity contribution in [3.63, 3.8) is 0 Å². The normalized spacial score (nSPS) is 10.7. The predicted molar refractivity (Wildman–Crippen MR) is 143 cm³/mol. The molecule has 3 aromatic carbocycles. The Morgan fingerprint density at radius 2 is 1.75 bits per heavy atom. The van der Waals surface area contributed by atoms with Gasteiger partial charge in [-0.15, -0.1) is 10.2 Å². The zero-order valence-electron chi connectivity index (χ0n) is 20.1. The van der Waals surface area contributed by atoms with Gasteiger partial charge in [0.1, 0.15) is 11.5 Å². The first-order valence-electron chi connectivity index (χ1n) is 11.1. The number of methoxy groups -OCH3 is 2. The van der Waals surface area contributed by atoms with E-state index in [4.69, 9.17) is 21.1 Å². The highest BCUT2D eigenvalue weighted by Crippen LogP contribution is 2.29. The minimum absolute atomic E-state index is 0.161. The van der Waals surface area contributed by atoms with E-state index >= 15 is 0 Å². The molecule has 0 spiro atoms. The van der Waals surface area contributed by atoms with Gasteiger partial charge in [0.25, 0.3) is 0 Å². The molecule has 4 aromatic rings. The van der Waals surface area contributed by atoms with Gasteiger partial charge in [0.15, 0.2) is 11.0 Å². The number of hydrogen-bond acceptors (Lipinski definition) is 6. The summed E-state index contributed by atoms with van der Waals surface area (Å²) >= 11 is 7.86. The summed E-state index contributed by atoms with van der Waals surface area (Å²) in [7, 11) is 3.22. The van der Waals surface area contributed by atoms with Crippen LogP contribution in [0.5, 0.6) is 11.5 Å². The Kier molecular flexibility index (Phi) is 8.35. The van der Waals surface area contributed by atoms with Crippen molar-refractivity contribution < 1.29 is 14.3 Å². The molecule has 186 valence electrons. The van der Waals surface area contributed by atoms with Crippen molar-refractivity contribution in [1.29, 1.82) is 0 Å². The number of carbonyl (C=O) groups is 1. The Morgan fingerprint density at radius 3 is 2.53 bits per heavy atom. The van der Waals surface area contributed by atoms with Crippen LogP contribution in [0.2, 0.25) is 5.02 Å².